The van der Waals surface area contributed by atoms with Crippen molar-refractivity contribution in [2.24, 2.45) is 0 Å². The van der Waals surface area contributed by atoms with Crippen molar-refractivity contribution in [1.29, 1.82) is 0 Å². The molecular weight excluding hydrogens is 527 g/mol. The Morgan fingerprint density at radius 2 is 1.63 bits per heavy atom. The van der Waals surface area contributed by atoms with Gasteiger partial charge >= 0.3 is 0 Å². The average molecular weight is 545 g/mol. The Hall–Kier alpha value is -4.26. The fourth-order valence-electron chi connectivity index (χ4n) is 4.94. The minimum atomic E-state index is -4.90. The summed E-state index contributed by atoms with van der Waals surface area (Å²) in [7, 11) is -4.90. The van der Waals surface area contributed by atoms with Gasteiger partial charge in [-0.2, -0.15) is 0 Å². The van der Waals surface area contributed by atoms with Crippen LogP contribution in [-0.4, -0.2) is 29.9 Å². The summed E-state index contributed by atoms with van der Waals surface area (Å²) in [5, 5.41) is 11.6. The number of carbonyl (C=O) groups excluding carboxylic acids is 2. The van der Waals surface area contributed by atoms with E-state index in [-0.39, 0.29) is 17.8 Å². The minimum absolute atomic E-state index is 0.0773. The van der Waals surface area contributed by atoms with Gasteiger partial charge in [0, 0.05) is 29.4 Å². The molecule has 5 rings (SSSR count). The maximum absolute atomic E-state index is 14.3. The lowest BCUT2D eigenvalue weighted by Gasteiger charge is -2.32. The molecule has 3 aromatic rings. The summed E-state index contributed by atoms with van der Waals surface area (Å²) in [6.07, 6.45) is 0. The fourth-order valence-corrected chi connectivity index (χ4v) is 7.22. The molecule has 1 unspecified atom stereocenters. The molecule has 2 aliphatic heterocycles. The van der Waals surface area contributed by atoms with Crippen LogP contribution in [0.5, 0.6) is 0 Å². The molecule has 2 aliphatic rings. The van der Waals surface area contributed by atoms with Gasteiger partial charge in [0.15, 0.2) is 11.6 Å². The number of fused-ring (bicyclic) bond motifs is 2. The van der Waals surface area contributed by atoms with Crippen LogP contribution in [0.1, 0.15) is 25.0 Å². The molecule has 1 spiro atoms. The maximum Gasteiger partial charge on any atom is 0.274 e. The number of nitro groups is 1. The molecule has 1 atom stereocenters. The Morgan fingerprint density at radius 1 is 0.921 bits per heavy atom. The van der Waals surface area contributed by atoms with E-state index in [1.807, 2.05) is 0 Å². The first-order chi connectivity index (χ1) is 17.7. The van der Waals surface area contributed by atoms with Crippen LogP contribution in [0.3, 0.4) is 0 Å². The van der Waals surface area contributed by atoms with Crippen LogP contribution in [0, 0.1) is 27.6 Å². The van der Waals surface area contributed by atoms with E-state index in [9.17, 15) is 41.3 Å². The van der Waals surface area contributed by atoms with E-state index in [0.717, 1.165) is 49.1 Å². The van der Waals surface area contributed by atoms with Gasteiger partial charge in [-0.25, -0.2) is 21.6 Å². The molecule has 3 aromatic carbocycles. The number of hydrogen-bond acceptors (Lipinski definition) is 6. The molecule has 0 aliphatic carbocycles. The number of hydrogen-bond donors (Lipinski definition) is 0. The third-order valence-electron chi connectivity index (χ3n) is 6.87. The van der Waals surface area contributed by atoms with Crippen molar-refractivity contribution in [3.63, 3.8) is 0 Å². The van der Waals surface area contributed by atoms with Gasteiger partial charge in [0.05, 0.1) is 17.2 Å². The van der Waals surface area contributed by atoms with E-state index in [1.54, 1.807) is 0 Å². The number of halogens is 3. The Balaban J connectivity index is 1.86. The highest BCUT2D eigenvalue weighted by molar-refractivity contribution is 7.96. The van der Waals surface area contributed by atoms with Crippen molar-refractivity contribution in [2.45, 2.75) is 30.0 Å². The Labute approximate surface area is 214 Å². The summed E-state index contributed by atoms with van der Waals surface area (Å²) in [6, 6.07) is 10.4. The molecule has 0 saturated carbocycles. The molecule has 0 radical (unpaired) electrons. The highest BCUT2D eigenvalue weighted by Crippen LogP contribution is 2.58. The number of nitro benzene ring substituents is 1. The lowest BCUT2D eigenvalue weighted by Crippen LogP contribution is -2.54. The molecule has 2 amide bonds. The lowest BCUT2D eigenvalue weighted by molar-refractivity contribution is -0.384. The topological polar surface area (TPSA) is 118 Å². The Kier molecular flexibility index (Phi) is 5.42. The van der Waals surface area contributed by atoms with Crippen molar-refractivity contribution in [1.82, 2.24) is 0 Å². The first kappa shape index (κ1) is 25.4. The number of nitrogens with zero attached hydrogens (tertiary/aromatic N) is 3. The number of carbonyl (C=O) groups is 2. The second kappa shape index (κ2) is 8.12. The van der Waals surface area contributed by atoms with Crippen molar-refractivity contribution in [3.05, 3.63) is 99.4 Å². The summed E-state index contributed by atoms with van der Waals surface area (Å²) in [6.45, 7) is 1.77. The molecule has 1 fully saturated rings. The van der Waals surface area contributed by atoms with Gasteiger partial charge in [0.25, 0.3) is 16.5 Å². The molecule has 2 heterocycles. The second-order valence-corrected chi connectivity index (χ2v) is 12.0. The summed E-state index contributed by atoms with van der Waals surface area (Å²) in [5.74, 6) is -5.62. The van der Waals surface area contributed by atoms with E-state index in [1.165, 1.54) is 18.2 Å². The fraction of sp³-hybridized carbons (Fsp3) is 0.200. The predicted octanol–water partition coefficient (Wildman–Crippen LogP) is 3.95. The maximum atomic E-state index is 14.3. The molecule has 196 valence electrons. The van der Waals surface area contributed by atoms with Crippen molar-refractivity contribution in [2.75, 3.05) is 9.80 Å². The van der Waals surface area contributed by atoms with Crippen LogP contribution >= 0.6 is 0 Å². The third kappa shape index (κ3) is 3.14. The zero-order valence-corrected chi connectivity index (χ0v) is 20.6. The van der Waals surface area contributed by atoms with Crippen LogP contribution in [0.4, 0.5) is 30.2 Å². The highest BCUT2D eigenvalue weighted by atomic mass is 32.2. The Bertz CT molecular complexity index is 1680. The third-order valence-corrected chi connectivity index (χ3v) is 9.74. The zero-order valence-electron chi connectivity index (χ0n) is 19.8. The van der Waals surface area contributed by atoms with E-state index in [0.29, 0.717) is 17.0 Å². The van der Waals surface area contributed by atoms with Crippen molar-refractivity contribution >= 4 is 38.7 Å². The van der Waals surface area contributed by atoms with Crippen LogP contribution in [0.25, 0.3) is 0 Å². The van der Waals surface area contributed by atoms with E-state index >= 15 is 0 Å². The van der Waals surface area contributed by atoms with Gasteiger partial charge in [-0.05, 0) is 49.7 Å². The van der Waals surface area contributed by atoms with Crippen molar-refractivity contribution < 1.29 is 36.1 Å². The number of non-ortho nitro benzene ring substituents is 1. The lowest BCUT2D eigenvalue weighted by atomic mass is 10.0. The van der Waals surface area contributed by atoms with Gasteiger partial charge in [0.2, 0.25) is 15.7 Å². The Morgan fingerprint density at radius 3 is 2.26 bits per heavy atom. The van der Waals surface area contributed by atoms with E-state index in [2.05, 4.69) is 0 Å². The molecule has 13 heteroatoms. The second-order valence-electron chi connectivity index (χ2n) is 9.38. The van der Waals surface area contributed by atoms with Crippen LogP contribution in [0.15, 0.2) is 60.7 Å². The number of rotatable bonds is 4. The van der Waals surface area contributed by atoms with E-state index in [4.69, 9.17) is 0 Å². The standard InChI is InChI=1S/C25H18F3N3O6S/c1-24(2)22(32)30(16-6-8-19(27)20(28)12-16)25(38(24,36)37)18-11-17(31(34)35)7-9-21(18)29(23(25)33)13-14-4-3-5-15(26)10-14/h3-12H,13H2,1-2H3. The van der Waals surface area contributed by atoms with Crippen LogP contribution in [-0.2, 0) is 30.8 Å². The summed E-state index contributed by atoms with van der Waals surface area (Å²) in [4.78, 5) is 37.4. The first-order valence-electron chi connectivity index (χ1n) is 11.1. The summed E-state index contributed by atoms with van der Waals surface area (Å²) >= 11 is 0. The SMILES string of the molecule is CC1(C)C(=O)N(c2ccc(F)c(F)c2)C2(C(=O)N(Cc3cccc(F)c3)c3ccc([N+](=O)[O-])cc32)S1(=O)=O. The van der Waals surface area contributed by atoms with E-state index < -0.39 is 70.6 Å². The monoisotopic (exact) mass is 545 g/mol. The van der Waals surface area contributed by atoms with Gasteiger partial charge in [0.1, 0.15) is 10.6 Å². The minimum Gasteiger partial charge on any atom is -0.304 e. The number of benzene rings is 3. The normalized spacial score (nSPS) is 21.3. The molecule has 0 aromatic heterocycles. The summed E-state index contributed by atoms with van der Waals surface area (Å²) < 4.78 is 68.1. The molecular formula is C25H18F3N3O6S. The molecule has 0 N–H and O–H groups in total. The zero-order chi connectivity index (χ0) is 27.8. The quantitative estimate of drug-likeness (QED) is 0.362. The smallest absolute Gasteiger partial charge is 0.274 e. The van der Waals surface area contributed by atoms with Crippen LogP contribution < -0.4 is 9.80 Å². The van der Waals surface area contributed by atoms with Crippen molar-refractivity contribution in [3.8, 4) is 0 Å². The summed E-state index contributed by atoms with van der Waals surface area (Å²) in [5.41, 5.74) is -1.23. The predicted molar refractivity (Wildman–Crippen MR) is 129 cm³/mol. The molecule has 38 heavy (non-hydrogen) atoms. The van der Waals surface area contributed by atoms with Gasteiger partial charge in [-0.3, -0.25) is 24.6 Å². The molecule has 1 saturated heterocycles. The molecule has 0 bridgehead atoms. The first-order valence-corrected chi connectivity index (χ1v) is 12.6. The average Bonchev–Trinajstić information content (AvgIpc) is 3.16. The van der Waals surface area contributed by atoms with Gasteiger partial charge in [-0.1, -0.05) is 12.1 Å². The highest BCUT2D eigenvalue weighted by Gasteiger charge is 2.76. The molecule has 9 nitrogen and oxygen atoms in total. The van der Waals surface area contributed by atoms with Gasteiger partial charge in [-0.15, -0.1) is 0 Å². The number of amides is 2. The van der Waals surface area contributed by atoms with Gasteiger partial charge < -0.3 is 4.90 Å². The largest absolute Gasteiger partial charge is 0.304 e. The number of anilines is 2. The number of sulfone groups is 1. The van der Waals surface area contributed by atoms with Crippen LogP contribution in [0.2, 0.25) is 0 Å².